The third kappa shape index (κ3) is 3.78. The Morgan fingerprint density at radius 1 is 1.29 bits per heavy atom. The molecule has 5 nitrogen and oxygen atoms in total. The molecule has 0 unspecified atom stereocenters. The van der Waals surface area contributed by atoms with Gasteiger partial charge in [0.2, 0.25) is 5.91 Å². The number of hydrazone groups is 1. The molecule has 1 N–H and O–H groups in total. The summed E-state index contributed by atoms with van der Waals surface area (Å²) in [5, 5.41) is 8.46. The molecule has 5 heteroatoms. The smallest absolute Gasteiger partial charge is 0.236 e. The van der Waals surface area contributed by atoms with E-state index < -0.39 is 0 Å². The second kappa shape index (κ2) is 6.35. The highest BCUT2D eigenvalue weighted by Crippen LogP contribution is 2.13. The average Bonchev–Trinajstić information content (AvgIpc) is 2.68. The molecule has 0 aliphatic heterocycles. The Kier molecular flexibility index (Phi) is 4.52. The fraction of sp³-hybridized carbons (Fsp3) is 0.312. The molecule has 2 rings (SSSR count). The fourth-order valence-electron chi connectivity index (χ4n) is 2.11. The second-order valence-electron chi connectivity index (χ2n) is 5.15. The van der Waals surface area contributed by atoms with Crippen molar-refractivity contribution in [1.82, 2.24) is 15.2 Å². The second-order valence-corrected chi connectivity index (χ2v) is 5.15. The minimum absolute atomic E-state index is 0.186. The maximum Gasteiger partial charge on any atom is 0.236 e. The van der Waals surface area contributed by atoms with Gasteiger partial charge in [-0.1, -0.05) is 29.8 Å². The highest BCUT2D eigenvalue weighted by molar-refractivity contribution is 5.84. The van der Waals surface area contributed by atoms with E-state index in [9.17, 15) is 4.79 Å². The lowest BCUT2D eigenvalue weighted by atomic mass is 10.1. The Hall–Kier alpha value is -2.43. The van der Waals surface area contributed by atoms with Crippen LogP contribution in [0.5, 0.6) is 0 Å². The highest BCUT2D eigenvalue weighted by Gasteiger charge is 2.10. The Morgan fingerprint density at radius 2 is 1.95 bits per heavy atom. The van der Waals surface area contributed by atoms with Crippen molar-refractivity contribution in [2.75, 3.05) is 0 Å². The number of hydrogen-bond donors (Lipinski definition) is 1. The summed E-state index contributed by atoms with van der Waals surface area (Å²) in [5.74, 6) is -0.186. The molecule has 1 aromatic heterocycles. The van der Waals surface area contributed by atoms with Crippen molar-refractivity contribution in [3.05, 3.63) is 52.3 Å². The third-order valence-corrected chi connectivity index (χ3v) is 3.31. The molecule has 0 aliphatic carbocycles. The summed E-state index contributed by atoms with van der Waals surface area (Å²) in [6.07, 6.45) is 1.64. The van der Waals surface area contributed by atoms with Crippen LogP contribution in [0, 0.1) is 20.8 Å². The summed E-state index contributed by atoms with van der Waals surface area (Å²) in [5.41, 5.74) is 7.73. The van der Waals surface area contributed by atoms with Crippen LogP contribution in [0.15, 0.2) is 29.4 Å². The number of aromatic nitrogens is 2. The van der Waals surface area contributed by atoms with E-state index in [1.54, 1.807) is 6.21 Å². The molecule has 2 aromatic rings. The lowest BCUT2D eigenvalue weighted by Gasteiger charge is -2.05. The van der Waals surface area contributed by atoms with Crippen LogP contribution in [0.1, 0.15) is 35.0 Å². The van der Waals surface area contributed by atoms with Crippen LogP contribution in [0.25, 0.3) is 0 Å². The van der Waals surface area contributed by atoms with E-state index in [0.717, 1.165) is 23.5 Å². The van der Waals surface area contributed by atoms with Crippen LogP contribution in [0.4, 0.5) is 0 Å². The molecule has 0 saturated carbocycles. The number of carbonyl (C=O) groups excluding carboxylic acids is 1. The molecule has 1 heterocycles. The van der Waals surface area contributed by atoms with E-state index >= 15 is 0 Å². The largest absolute Gasteiger partial charge is 0.274 e. The number of benzene rings is 1. The Labute approximate surface area is 124 Å². The van der Waals surface area contributed by atoms with Crippen LogP contribution in [-0.2, 0) is 11.3 Å². The summed E-state index contributed by atoms with van der Waals surface area (Å²) >= 11 is 0. The molecule has 0 radical (unpaired) electrons. The molecule has 1 aromatic carbocycles. The standard InChI is InChI=1S/C16H20N4O/c1-11-5-7-15(8-6-11)10-20-13(3)16(12(2)19-20)9-17-18-14(4)21/h5-9H,10H2,1-4H3,(H,18,21)/b17-9-. The van der Waals surface area contributed by atoms with Gasteiger partial charge in [0.15, 0.2) is 0 Å². The zero-order valence-electron chi connectivity index (χ0n) is 12.8. The van der Waals surface area contributed by atoms with Gasteiger partial charge in [0.05, 0.1) is 18.5 Å². The lowest BCUT2D eigenvalue weighted by Crippen LogP contribution is -2.12. The van der Waals surface area contributed by atoms with Crippen molar-refractivity contribution in [3.63, 3.8) is 0 Å². The van der Waals surface area contributed by atoms with Gasteiger partial charge in [0.25, 0.3) is 0 Å². The Balaban J connectivity index is 2.20. The van der Waals surface area contributed by atoms with E-state index in [1.165, 1.54) is 18.1 Å². The number of nitrogens with one attached hydrogen (secondary N) is 1. The molecule has 110 valence electrons. The van der Waals surface area contributed by atoms with E-state index in [4.69, 9.17) is 0 Å². The van der Waals surface area contributed by atoms with E-state index in [1.807, 2.05) is 18.5 Å². The molecule has 21 heavy (non-hydrogen) atoms. The van der Waals surface area contributed by atoms with Crippen molar-refractivity contribution in [3.8, 4) is 0 Å². The van der Waals surface area contributed by atoms with Gasteiger partial charge in [-0.2, -0.15) is 10.2 Å². The van der Waals surface area contributed by atoms with Gasteiger partial charge in [-0.15, -0.1) is 0 Å². The number of hydrogen-bond acceptors (Lipinski definition) is 3. The average molecular weight is 284 g/mol. The van der Waals surface area contributed by atoms with E-state index in [-0.39, 0.29) is 5.91 Å². The topological polar surface area (TPSA) is 59.3 Å². The molecular formula is C16H20N4O. The first-order chi connectivity index (χ1) is 9.97. The zero-order valence-corrected chi connectivity index (χ0v) is 12.8. The minimum Gasteiger partial charge on any atom is -0.274 e. The number of nitrogens with zero attached hydrogens (tertiary/aromatic N) is 3. The molecule has 0 saturated heterocycles. The van der Waals surface area contributed by atoms with Crippen molar-refractivity contribution < 1.29 is 4.79 Å². The molecule has 0 atom stereocenters. The molecule has 1 amide bonds. The Bertz CT molecular complexity index is 668. The van der Waals surface area contributed by atoms with Crippen LogP contribution in [0.2, 0.25) is 0 Å². The quantitative estimate of drug-likeness (QED) is 0.692. The van der Waals surface area contributed by atoms with Crippen LogP contribution < -0.4 is 5.43 Å². The van der Waals surface area contributed by atoms with Gasteiger partial charge >= 0.3 is 0 Å². The maximum absolute atomic E-state index is 10.8. The van der Waals surface area contributed by atoms with Crippen LogP contribution >= 0.6 is 0 Å². The summed E-state index contributed by atoms with van der Waals surface area (Å²) < 4.78 is 1.95. The molecule has 0 fully saturated rings. The summed E-state index contributed by atoms with van der Waals surface area (Å²) in [7, 11) is 0. The van der Waals surface area contributed by atoms with Crippen LogP contribution in [-0.4, -0.2) is 21.9 Å². The van der Waals surface area contributed by atoms with Gasteiger partial charge in [0, 0.05) is 18.2 Å². The predicted octanol–water partition coefficient (Wildman–Crippen LogP) is 2.33. The van der Waals surface area contributed by atoms with Crippen LogP contribution in [0.3, 0.4) is 0 Å². The third-order valence-electron chi connectivity index (χ3n) is 3.31. The highest BCUT2D eigenvalue weighted by atomic mass is 16.2. The SMILES string of the molecule is CC(=O)N/N=C\c1c(C)nn(Cc2ccc(C)cc2)c1C. The number of rotatable bonds is 4. The molecular weight excluding hydrogens is 264 g/mol. The first-order valence-corrected chi connectivity index (χ1v) is 6.86. The van der Waals surface area contributed by atoms with E-state index in [0.29, 0.717) is 0 Å². The summed E-state index contributed by atoms with van der Waals surface area (Å²) in [6.45, 7) is 8.17. The lowest BCUT2D eigenvalue weighted by molar-refractivity contribution is -0.118. The number of carbonyl (C=O) groups is 1. The fourth-order valence-corrected chi connectivity index (χ4v) is 2.11. The van der Waals surface area contributed by atoms with Crippen molar-refractivity contribution in [1.29, 1.82) is 0 Å². The van der Waals surface area contributed by atoms with Gasteiger partial charge in [-0.05, 0) is 26.3 Å². The van der Waals surface area contributed by atoms with Crippen molar-refractivity contribution >= 4 is 12.1 Å². The summed E-state index contributed by atoms with van der Waals surface area (Å²) in [6, 6.07) is 8.41. The maximum atomic E-state index is 10.8. The van der Waals surface area contributed by atoms with Gasteiger partial charge in [-0.3, -0.25) is 9.48 Å². The molecule has 0 bridgehead atoms. The van der Waals surface area contributed by atoms with Crippen molar-refractivity contribution in [2.24, 2.45) is 5.10 Å². The van der Waals surface area contributed by atoms with Gasteiger partial charge in [0.1, 0.15) is 0 Å². The number of aryl methyl sites for hydroxylation is 2. The van der Waals surface area contributed by atoms with Gasteiger partial charge in [-0.25, -0.2) is 5.43 Å². The van der Waals surface area contributed by atoms with Gasteiger partial charge < -0.3 is 0 Å². The Morgan fingerprint density at radius 3 is 2.57 bits per heavy atom. The predicted molar refractivity (Wildman–Crippen MR) is 83.4 cm³/mol. The molecule has 0 spiro atoms. The first-order valence-electron chi connectivity index (χ1n) is 6.86. The zero-order chi connectivity index (χ0) is 15.4. The molecule has 0 aliphatic rings. The van der Waals surface area contributed by atoms with Crippen molar-refractivity contribution in [2.45, 2.75) is 34.2 Å². The van der Waals surface area contributed by atoms with E-state index in [2.05, 4.69) is 46.8 Å². The minimum atomic E-state index is -0.186. The number of amides is 1. The first kappa shape index (κ1) is 15.0. The summed E-state index contributed by atoms with van der Waals surface area (Å²) in [4.78, 5) is 10.8. The normalized spacial score (nSPS) is 11.0. The monoisotopic (exact) mass is 284 g/mol.